The molecule has 92 valence electrons. The first kappa shape index (κ1) is 13.0. The van der Waals surface area contributed by atoms with E-state index in [4.69, 9.17) is 5.73 Å². The lowest BCUT2D eigenvalue weighted by Crippen LogP contribution is -2.16. The summed E-state index contributed by atoms with van der Waals surface area (Å²) < 4.78 is 0. The highest BCUT2D eigenvalue weighted by Gasteiger charge is 2.17. The van der Waals surface area contributed by atoms with Crippen LogP contribution in [0.25, 0.3) is 0 Å². The summed E-state index contributed by atoms with van der Waals surface area (Å²) in [7, 11) is 0. The van der Waals surface area contributed by atoms with Crippen molar-refractivity contribution in [3.8, 4) is 0 Å². The number of nitrogens with zero attached hydrogens (tertiary/aromatic N) is 1. The number of hydrogen-bond acceptors (Lipinski definition) is 4. The molecule has 17 heavy (non-hydrogen) atoms. The number of carbonyl (C=O) groups excluding carboxylic acids is 1. The van der Waals surface area contributed by atoms with Crippen molar-refractivity contribution in [2.45, 2.75) is 26.3 Å². The first-order valence-corrected chi connectivity index (χ1v) is 5.30. The fraction of sp³-hybridized carbons (Fsp3) is 0.364. The number of nitrogens with one attached hydrogen (secondary N) is 1. The summed E-state index contributed by atoms with van der Waals surface area (Å²) in [4.78, 5) is 21.3. The molecule has 1 aromatic rings. The lowest BCUT2D eigenvalue weighted by Gasteiger charge is -2.13. The van der Waals surface area contributed by atoms with E-state index in [1.807, 2.05) is 13.8 Å². The van der Waals surface area contributed by atoms with Gasteiger partial charge in [0.15, 0.2) is 0 Å². The molecular weight excluding hydrogens is 222 g/mol. The van der Waals surface area contributed by atoms with Crippen LogP contribution in [0.3, 0.4) is 0 Å². The fourth-order valence-corrected chi connectivity index (χ4v) is 1.33. The van der Waals surface area contributed by atoms with E-state index in [9.17, 15) is 14.9 Å². The van der Waals surface area contributed by atoms with Crippen LogP contribution < -0.4 is 11.1 Å². The molecule has 0 spiro atoms. The normalized spacial score (nSPS) is 11.9. The second kappa shape index (κ2) is 5.29. The Morgan fingerprint density at radius 3 is 2.71 bits per heavy atom. The minimum atomic E-state index is -0.678. The van der Waals surface area contributed by atoms with Gasteiger partial charge in [0.2, 0.25) is 5.91 Å². The van der Waals surface area contributed by atoms with E-state index in [1.54, 1.807) is 0 Å². The van der Waals surface area contributed by atoms with Crippen LogP contribution in [0, 0.1) is 10.1 Å². The van der Waals surface area contributed by atoms with Crippen LogP contribution in [0.15, 0.2) is 18.2 Å². The maximum Gasteiger partial charge on any atom is 0.293 e. The lowest BCUT2D eigenvalue weighted by atomic mass is 10.1. The molecule has 1 aromatic carbocycles. The van der Waals surface area contributed by atoms with Crippen molar-refractivity contribution in [1.29, 1.82) is 0 Å². The summed E-state index contributed by atoms with van der Waals surface area (Å²) in [5.41, 5.74) is 5.47. The monoisotopic (exact) mass is 237 g/mol. The molecule has 0 bridgehead atoms. The molecule has 1 atom stereocenters. The Labute approximate surface area is 99.0 Å². The van der Waals surface area contributed by atoms with Crippen LogP contribution in [0.4, 0.5) is 11.4 Å². The minimum absolute atomic E-state index is 0.119. The van der Waals surface area contributed by atoms with Crippen LogP contribution in [0.1, 0.15) is 30.6 Å². The SMILES string of the molecule is CC[C@@H](C)Nc1ccc(C(N)=O)cc1[N+](=O)[O-]. The first-order valence-electron chi connectivity index (χ1n) is 5.30. The van der Waals surface area contributed by atoms with Gasteiger partial charge in [0, 0.05) is 17.7 Å². The summed E-state index contributed by atoms with van der Waals surface area (Å²) >= 11 is 0. The molecule has 0 saturated carbocycles. The number of benzene rings is 1. The van der Waals surface area contributed by atoms with Crippen molar-refractivity contribution in [3.05, 3.63) is 33.9 Å². The van der Waals surface area contributed by atoms with Gasteiger partial charge in [-0.2, -0.15) is 0 Å². The molecule has 0 unspecified atom stereocenters. The van der Waals surface area contributed by atoms with Gasteiger partial charge in [-0.05, 0) is 25.5 Å². The van der Waals surface area contributed by atoms with Crippen LogP contribution in [0.2, 0.25) is 0 Å². The summed E-state index contributed by atoms with van der Waals surface area (Å²) in [6, 6.07) is 4.28. The Balaban J connectivity index is 3.13. The largest absolute Gasteiger partial charge is 0.377 e. The number of hydrogen-bond donors (Lipinski definition) is 2. The highest BCUT2D eigenvalue weighted by molar-refractivity contribution is 5.94. The smallest absolute Gasteiger partial charge is 0.293 e. The van der Waals surface area contributed by atoms with E-state index in [0.29, 0.717) is 5.69 Å². The number of rotatable bonds is 5. The van der Waals surface area contributed by atoms with Gasteiger partial charge in [-0.1, -0.05) is 6.92 Å². The van der Waals surface area contributed by atoms with E-state index in [0.717, 1.165) is 6.42 Å². The van der Waals surface area contributed by atoms with Crippen LogP contribution in [-0.4, -0.2) is 16.9 Å². The third-order valence-corrected chi connectivity index (χ3v) is 2.49. The molecule has 0 radical (unpaired) electrons. The van der Waals surface area contributed by atoms with Crippen LogP contribution in [-0.2, 0) is 0 Å². The molecule has 0 saturated heterocycles. The number of anilines is 1. The van der Waals surface area contributed by atoms with Gasteiger partial charge in [0.25, 0.3) is 5.69 Å². The van der Waals surface area contributed by atoms with E-state index in [2.05, 4.69) is 5.32 Å². The highest BCUT2D eigenvalue weighted by Crippen LogP contribution is 2.26. The van der Waals surface area contributed by atoms with Crippen molar-refractivity contribution in [3.63, 3.8) is 0 Å². The van der Waals surface area contributed by atoms with Crippen molar-refractivity contribution in [2.75, 3.05) is 5.32 Å². The summed E-state index contributed by atoms with van der Waals surface area (Å²) in [5.74, 6) is -0.678. The highest BCUT2D eigenvalue weighted by atomic mass is 16.6. The van der Waals surface area contributed by atoms with Gasteiger partial charge in [-0.25, -0.2) is 0 Å². The molecule has 0 aliphatic heterocycles. The second-order valence-electron chi connectivity index (χ2n) is 3.81. The zero-order valence-electron chi connectivity index (χ0n) is 9.77. The fourth-order valence-electron chi connectivity index (χ4n) is 1.33. The quantitative estimate of drug-likeness (QED) is 0.603. The molecule has 6 heteroatoms. The van der Waals surface area contributed by atoms with Gasteiger partial charge in [-0.15, -0.1) is 0 Å². The van der Waals surface area contributed by atoms with E-state index in [-0.39, 0.29) is 17.3 Å². The van der Waals surface area contributed by atoms with Gasteiger partial charge in [-0.3, -0.25) is 14.9 Å². The van der Waals surface area contributed by atoms with Crippen molar-refractivity contribution < 1.29 is 9.72 Å². The van der Waals surface area contributed by atoms with Crippen LogP contribution in [0.5, 0.6) is 0 Å². The van der Waals surface area contributed by atoms with Gasteiger partial charge >= 0.3 is 0 Å². The van der Waals surface area contributed by atoms with E-state index in [1.165, 1.54) is 18.2 Å². The Bertz CT molecular complexity index is 446. The Kier molecular flexibility index (Phi) is 4.03. The predicted octanol–water partition coefficient (Wildman–Crippen LogP) is 1.90. The second-order valence-corrected chi connectivity index (χ2v) is 3.81. The number of primary amides is 1. The first-order chi connectivity index (χ1) is 7.95. The van der Waals surface area contributed by atoms with Gasteiger partial charge < -0.3 is 11.1 Å². The maximum absolute atomic E-state index is 10.9. The minimum Gasteiger partial charge on any atom is -0.377 e. The molecule has 0 aliphatic carbocycles. The van der Waals surface area contributed by atoms with Crippen LogP contribution >= 0.6 is 0 Å². The molecule has 6 nitrogen and oxygen atoms in total. The molecule has 1 amide bonds. The van der Waals surface area contributed by atoms with Crippen molar-refractivity contribution in [2.24, 2.45) is 5.73 Å². The summed E-state index contributed by atoms with van der Waals surface area (Å²) in [5, 5.41) is 13.9. The third kappa shape index (κ3) is 3.17. The number of nitro groups is 1. The van der Waals surface area contributed by atoms with Gasteiger partial charge in [0.1, 0.15) is 5.69 Å². The molecule has 3 N–H and O–H groups in total. The molecular formula is C11H15N3O3. The zero-order chi connectivity index (χ0) is 13.0. The van der Waals surface area contributed by atoms with E-state index >= 15 is 0 Å². The maximum atomic E-state index is 10.9. The topological polar surface area (TPSA) is 98.3 Å². The predicted molar refractivity (Wildman–Crippen MR) is 65.0 cm³/mol. The van der Waals surface area contributed by atoms with Gasteiger partial charge in [0.05, 0.1) is 4.92 Å². The average Bonchev–Trinajstić information content (AvgIpc) is 2.28. The number of carbonyl (C=O) groups is 1. The number of amides is 1. The standard InChI is InChI=1S/C11H15N3O3/c1-3-7(2)13-9-5-4-8(11(12)15)6-10(9)14(16)17/h4-7,13H,3H2,1-2H3,(H2,12,15)/t7-/m1/s1. The Morgan fingerprint density at radius 1 is 1.59 bits per heavy atom. The van der Waals surface area contributed by atoms with Crippen molar-refractivity contribution in [1.82, 2.24) is 0 Å². The lowest BCUT2D eigenvalue weighted by molar-refractivity contribution is -0.384. The zero-order valence-corrected chi connectivity index (χ0v) is 9.77. The molecule has 0 heterocycles. The average molecular weight is 237 g/mol. The molecule has 1 rings (SSSR count). The number of nitro benzene ring substituents is 1. The summed E-state index contributed by atoms with van der Waals surface area (Å²) in [6.07, 6.45) is 0.842. The molecule has 0 aromatic heterocycles. The van der Waals surface area contributed by atoms with Crippen molar-refractivity contribution >= 4 is 17.3 Å². The Morgan fingerprint density at radius 2 is 2.24 bits per heavy atom. The summed E-state index contributed by atoms with van der Waals surface area (Å²) in [6.45, 7) is 3.90. The molecule has 0 fully saturated rings. The third-order valence-electron chi connectivity index (χ3n) is 2.49. The molecule has 0 aliphatic rings. The number of nitrogens with two attached hydrogens (primary N) is 1. The Hall–Kier alpha value is -2.11. The van der Waals surface area contributed by atoms with E-state index < -0.39 is 10.8 Å².